The van der Waals surface area contributed by atoms with E-state index in [0.717, 1.165) is 24.0 Å². The highest BCUT2D eigenvalue weighted by atomic mass is 16.7. The van der Waals surface area contributed by atoms with Crippen LogP contribution in [0.4, 0.5) is 0 Å². The van der Waals surface area contributed by atoms with Gasteiger partial charge in [-0.15, -0.1) is 0 Å². The van der Waals surface area contributed by atoms with Crippen LogP contribution in [0.15, 0.2) is 66.7 Å². The molecular formula is C28H28O5. The molecule has 1 aliphatic heterocycles. The molecule has 0 aromatic heterocycles. The summed E-state index contributed by atoms with van der Waals surface area (Å²) in [5.74, 6) is -0.583. The summed E-state index contributed by atoms with van der Waals surface area (Å²) in [5.41, 5.74) is 4.53. The molecule has 3 unspecified atom stereocenters. The van der Waals surface area contributed by atoms with E-state index < -0.39 is 12.3 Å². The lowest BCUT2D eigenvalue weighted by Gasteiger charge is -2.37. The van der Waals surface area contributed by atoms with E-state index >= 15 is 0 Å². The summed E-state index contributed by atoms with van der Waals surface area (Å²) in [5, 5.41) is 21.9. The second-order valence-corrected chi connectivity index (χ2v) is 8.83. The van der Waals surface area contributed by atoms with E-state index in [1.807, 2.05) is 24.3 Å². The van der Waals surface area contributed by atoms with E-state index in [1.54, 1.807) is 12.1 Å². The second kappa shape index (κ2) is 9.38. The molecule has 33 heavy (non-hydrogen) atoms. The molecule has 3 atom stereocenters. The standard InChI is InChI=1S/C28H28O5/c29-24-11-5-4-9-23(24)27-20(7-2-1-3-12-25(30)31)17-32-28(33-27)22-16-15-19-14-13-18-8-6-10-21(22)26(18)19/h1-2,4-6,8-11,15-16,20,27-29H,3,7,12-14,17H2,(H,30,31)/b2-1-. The number of aliphatic carboxylic acids is 1. The Bertz CT molecular complexity index is 1190. The van der Waals surface area contributed by atoms with Gasteiger partial charge in [0.15, 0.2) is 6.29 Å². The first kappa shape index (κ1) is 21.7. The van der Waals surface area contributed by atoms with Gasteiger partial charge < -0.3 is 19.7 Å². The molecule has 0 spiro atoms. The molecule has 0 radical (unpaired) electrons. The van der Waals surface area contributed by atoms with Crippen LogP contribution in [0.2, 0.25) is 0 Å². The lowest BCUT2D eigenvalue weighted by atomic mass is 9.91. The summed E-state index contributed by atoms with van der Waals surface area (Å²) in [4.78, 5) is 10.7. The number of hydrogen-bond donors (Lipinski definition) is 2. The Morgan fingerprint density at radius 3 is 2.61 bits per heavy atom. The average molecular weight is 445 g/mol. The summed E-state index contributed by atoms with van der Waals surface area (Å²) in [6.07, 6.45) is 6.45. The summed E-state index contributed by atoms with van der Waals surface area (Å²) < 4.78 is 12.8. The molecule has 0 saturated carbocycles. The fourth-order valence-electron chi connectivity index (χ4n) is 5.06. The molecule has 2 aliphatic rings. The molecule has 2 N–H and O–H groups in total. The van der Waals surface area contributed by atoms with Crippen LogP contribution < -0.4 is 0 Å². The van der Waals surface area contributed by atoms with Crippen molar-refractivity contribution < 1.29 is 24.5 Å². The average Bonchev–Trinajstić information content (AvgIpc) is 3.24. The van der Waals surface area contributed by atoms with Gasteiger partial charge in [-0.3, -0.25) is 4.79 Å². The molecular weight excluding hydrogens is 416 g/mol. The molecule has 1 saturated heterocycles. The van der Waals surface area contributed by atoms with Crippen molar-refractivity contribution in [1.82, 2.24) is 0 Å². The van der Waals surface area contributed by atoms with Crippen molar-refractivity contribution in [2.45, 2.75) is 44.5 Å². The van der Waals surface area contributed by atoms with E-state index in [1.165, 1.54) is 21.9 Å². The summed E-state index contributed by atoms with van der Waals surface area (Å²) >= 11 is 0. The van der Waals surface area contributed by atoms with Crippen molar-refractivity contribution in [1.29, 1.82) is 0 Å². The smallest absolute Gasteiger partial charge is 0.303 e. The number of aryl methyl sites for hydroxylation is 2. The number of carboxylic acids is 1. The quantitative estimate of drug-likeness (QED) is 0.447. The number of para-hydroxylation sites is 1. The largest absolute Gasteiger partial charge is 0.508 e. The fraction of sp³-hybridized carbons (Fsp3) is 0.321. The number of allylic oxidation sites excluding steroid dienone is 2. The van der Waals surface area contributed by atoms with Crippen LogP contribution in [0.1, 0.15) is 53.9 Å². The minimum atomic E-state index is -0.802. The van der Waals surface area contributed by atoms with Crippen molar-refractivity contribution in [3.63, 3.8) is 0 Å². The van der Waals surface area contributed by atoms with E-state index in [2.05, 4.69) is 30.3 Å². The number of rotatable bonds is 7. The molecule has 1 heterocycles. The Morgan fingerprint density at radius 2 is 1.79 bits per heavy atom. The Kier molecular flexibility index (Phi) is 6.16. The van der Waals surface area contributed by atoms with Crippen LogP contribution in [-0.2, 0) is 27.1 Å². The maximum absolute atomic E-state index is 10.7. The number of benzene rings is 3. The van der Waals surface area contributed by atoms with Gasteiger partial charge in [-0.2, -0.15) is 0 Å². The Hall–Kier alpha value is -3.15. The van der Waals surface area contributed by atoms with Gasteiger partial charge in [-0.05, 0) is 53.6 Å². The monoisotopic (exact) mass is 444 g/mol. The number of hydrogen-bond acceptors (Lipinski definition) is 4. The molecule has 5 rings (SSSR count). The lowest BCUT2D eigenvalue weighted by Crippen LogP contribution is -2.30. The van der Waals surface area contributed by atoms with Crippen molar-refractivity contribution in [3.05, 3.63) is 89.0 Å². The second-order valence-electron chi connectivity index (χ2n) is 8.83. The normalized spacial score (nSPS) is 22.2. The Balaban J connectivity index is 1.42. The van der Waals surface area contributed by atoms with Crippen LogP contribution in [0.5, 0.6) is 5.75 Å². The molecule has 3 aromatic rings. The maximum Gasteiger partial charge on any atom is 0.303 e. The molecule has 0 bridgehead atoms. The molecule has 0 amide bonds. The highest BCUT2D eigenvalue weighted by molar-refractivity contribution is 5.93. The van der Waals surface area contributed by atoms with E-state index in [0.29, 0.717) is 19.4 Å². The van der Waals surface area contributed by atoms with Gasteiger partial charge in [0, 0.05) is 23.5 Å². The first-order valence-electron chi connectivity index (χ1n) is 11.6. The minimum Gasteiger partial charge on any atom is -0.508 e. The number of phenolic OH excluding ortho intramolecular Hbond substituents is 1. The molecule has 170 valence electrons. The molecule has 3 aromatic carbocycles. The first-order valence-corrected chi connectivity index (χ1v) is 11.6. The highest BCUT2D eigenvalue weighted by Gasteiger charge is 2.35. The van der Waals surface area contributed by atoms with Gasteiger partial charge in [-0.1, -0.05) is 60.7 Å². The van der Waals surface area contributed by atoms with E-state index in [-0.39, 0.29) is 24.2 Å². The third-order valence-electron chi connectivity index (χ3n) is 6.70. The van der Waals surface area contributed by atoms with Crippen molar-refractivity contribution in [3.8, 4) is 5.75 Å². The minimum absolute atomic E-state index is 0.00686. The predicted molar refractivity (Wildman–Crippen MR) is 126 cm³/mol. The number of carbonyl (C=O) groups is 1. The van der Waals surface area contributed by atoms with Crippen molar-refractivity contribution in [2.75, 3.05) is 6.61 Å². The number of carboxylic acid groups (broad SMARTS) is 1. The topological polar surface area (TPSA) is 76.0 Å². The van der Waals surface area contributed by atoms with Crippen molar-refractivity contribution >= 4 is 16.7 Å². The van der Waals surface area contributed by atoms with Gasteiger partial charge in [0.05, 0.1) is 12.7 Å². The number of aromatic hydroxyl groups is 1. The van der Waals surface area contributed by atoms with Crippen LogP contribution in [0.3, 0.4) is 0 Å². The number of ether oxygens (including phenoxy) is 2. The number of phenols is 1. The summed E-state index contributed by atoms with van der Waals surface area (Å²) in [6.45, 7) is 0.482. The van der Waals surface area contributed by atoms with Crippen LogP contribution in [-0.4, -0.2) is 22.8 Å². The zero-order valence-corrected chi connectivity index (χ0v) is 18.4. The fourth-order valence-corrected chi connectivity index (χ4v) is 5.06. The van der Waals surface area contributed by atoms with Gasteiger partial charge in [0.1, 0.15) is 5.75 Å². The van der Waals surface area contributed by atoms with Gasteiger partial charge in [0.2, 0.25) is 0 Å². The predicted octanol–water partition coefficient (Wildman–Crippen LogP) is 5.86. The van der Waals surface area contributed by atoms with E-state index in [9.17, 15) is 9.90 Å². The Morgan fingerprint density at radius 1 is 0.970 bits per heavy atom. The van der Waals surface area contributed by atoms with Gasteiger partial charge >= 0.3 is 5.97 Å². The van der Waals surface area contributed by atoms with E-state index in [4.69, 9.17) is 14.6 Å². The zero-order valence-electron chi connectivity index (χ0n) is 18.4. The zero-order chi connectivity index (χ0) is 22.8. The maximum atomic E-state index is 10.7. The van der Waals surface area contributed by atoms with Crippen molar-refractivity contribution in [2.24, 2.45) is 5.92 Å². The van der Waals surface area contributed by atoms with Crippen LogP contribution >= 0.6 is 0 Å². The van der Waals surface area contributed by atoms with Gasteiger partial charge in [0.25, 0.3) is 0 Å². The lowest BCUT2D eigenvalue weighted by molar-refractivity contribution is -0.243. The third-order valence-corrected chi connectivity index (χ3v) is 6.70. The molecule has 1 fully saturated rings. The Labute approximate surface area is 193 Å². The highest BCUT2D eigenvalue weighted by Crippen LogP contribution is 2.45. The van der Waals surface area contributed by atoms with Crippen LogP contribution in [0, 0.1) is 5.92 Å². The molecule has 5 nitrogen and oxygen atoms in total. The summed E-state index contributed by atoms with van der Waals surface area (Å²) in [7, 11) is 0. The first-order chi connectivity index (χ1) is 16.1. The molecule has 1 aliphatic carbocycles. The molecule has 5 heteroatoms. The van der Waals surface area contributed by atoms with Crippen LogP contribution in [0.25, 0.3) is 10.8 Å². The SMILES string of the molecule is O=C(O)CC/C=C\CC1COC(c2ccc3c4c(cccc24)CC3)OC1c1ccccc1O. The third kappa shape index (κ3) is 4.39. The van der Waals surface area contributed by atoms with Gasteiger partial charge in [-0.25, -0.2) is 0 Å². The summed E-state index contributed by atoms with van der Waals surface area (Å²) in [6, 6.07) is 18.0.